The number of aliphatic imine (C=N–C) groups is 1. The van der Waals surface area contributed by atoms with Gasteiger partial charge in [0, 0.05) is 102 Å². The van der Waals surface area contributed by atoms with Crippen LogP contribution in [0.25, 0.3) is 11.1 Å². The Labute approximate surface area is 381 Å². The molecule has 0 bridgehead atoms. The van der Waals surface area contributed by atoms with Crippen molar-refractivity contribution in [1.29, 1.82) is 5.41 Å². The number of halogens is 2. The Balaban J connectivity index is 1.18. The number of aliphatic hydroxyl groups is 2. The molecule has 0 fully saturated rings. The van der Waals surface area contributed by atoms with E-state index in [1.165, 1.54) is 6.21 Å². The molecule has 0 saturated carbocycles. The van der Waals surface area contributed by atoms with Crippen LogP contribution in [-0.2, 0) is 44.4 Å². The van der Waals surface area contributed by atoms with Crippen LogP contribution in [0.3, 0.4) is 0 Å². The zero-order valence-corrected chi connectivity index (χ0v) is 37.1. The largest absolute Gasteiger partial charge is 0.488 e. The highest BCUT2D eigenvalue weighted by Crippen LogP contribution is 2.37. The number of carboxylic acids is 1. The average molecular weight is 907 g/mol. The predicted molar refractivity (Wildman–Crippen MR) is 247 cm³/mol. The number of aliphatic carboxylic acids is 1. The summed E-state index contributed by atoms with van der Waals surface area (Å²) >= 11 is 13.4. The Bertz CT molecular complexity index is 2620. The molecule has 64 heavy (non-hydrogen) atoms. The average Bonchev–Trinajstić information content (AvgIpc) is 3.29. The van der Waals surface area contributed by atoms with Crippen molar-refractivity contribution >= 4 is 41.6 Å². The molecule has 5 N–H and O–H groups in total. The fraction of sp³-hybridized carbons (Fsp3) is 0.245. The van der Waals surface area contributed by atoms with Gasteiger partial charge in [-0.1, -0.05) is 59.6 Å². The van der Waals surface area contributed by atoms with Crippen molar-refractivity contribution in [3.8, 4) is 34.1 Å². The Morgan fingerprint density at radius 1 is 0.719 bits per heavy atom. The highest BCUT2D eigenvalue weighted by Gasteiger charge is 2.18. The van der Waals surface area contributed by atoms with E-state index in [2.05, 4.69) is 32.4 Å². The normalized spacial score (nSPS) is 11.7. The second-order valence-corrected chi connectivity index (χ2v) is 15.7. The molecule has 0 radical (unpaired) electrons. The third-order valence-electron chi connectivity index (χ3n) is 10.4. The highest BCUT2D eigenvalue weighted by atomic mass is 35.5. The molecule has 0 amide bonds. The summed E-state index contributed by atoms with van der Waals surface area (Å²) in [4.78, 5) is 23.9. The van der Waals surface area contributed by atoms with E-state index in [0.717, 1.165) is 50.1 Å². The summed E-state index contributed by atoms with van der Waals surface area (Å²) < 4.78 is 25.0. The Kier molecular flexibility index (Phi) is 16.8. The van der Waals surface area contributed by atoms with Crippen LogP contribution in [0.4, 0.5) is 0 Å². The molecule has 1 atom stereocenters. The fourth-order valence-corrected chi connectivity index (χ4v) is 7.42. The van der Waals surface area contributed by atoms with E-state index in [9.17, 15) is 20.1 Å². The topological polar surface area (TPSA) is 189 Å². The predicted octanol–water partition coefficient (Wildman–Crippen LogP) is 8.85. The lowest BCUT2D eigenvalue weighted by Gasteiger charge is -2.19. The van der Waals surface area contributed by atoms with E-state index in [1.807, 2.05) is 44.2 Å². The number of aromatic nitrogens is 2. The minimum atomic E-state index is -1.03. The number of pyridine rings is 2. The van der Waals surface area contributed by atoms with Crippen molar-refractivity contribution in [2.75, 3.05) is 13.7 Å². The van der Waals surface area contributed by atoms with Gasteiger partial charge in [0.05, 0.1) is 29.7 Å². The lowest BCUT2D eigenvalue weighted by molar-refractivity contribution is -0.137. The van der Waals surface area contributed by atoms with Gasteiger partial charge in [-0.05, 0) is 71.5 Å². The number of aliphatic hydroxyl groups excluding tert-OH is 2. The molecule has 0 aliphatic rings. The van der Waals surface area contributed by atoms with E-state index in [1.54, 1.807) is 68.4 Å². The first-order chi connectivity index (χ1) is 31.0. The molecule has 6 aromatic rings. The summed E-state index contributed by atoms with van der Waals surface area (Å²) in [5, 5.41) is 40.4. The molecule has 0 spiro atoms. The molecule has 15 heteroatoms. The molecule has 0 saturated heterocycles. The number of hydrogen-bond donors (Lipinski definition) is 5. The van der Waals surface area contributed by atoms with Crippen LogP contribution in [0.15, 0.2) is 103 Å². The number of hydrogen-bond acceptors (Lipinski definition) is 12. The van der Waals surface area contributed by atoms with Crippen LogP contribution in [-0.4, -0.2) is 63.4 Å². The molecule has 6 rings (SSSR count). The quantitative estimate of drug-likeness (QED) is 0.0410. The molecule has 0 aliphatic carbocycles. The Hall–Kier alpha value is -6.35. The third kappa shape index (κ3) is 12.4. The van der Waals surface area contributed by atoms with Gasteiger partial charge in [-0.15, -0.1) is 0 Å². The number of rotatable bonds is 22. The van der Waals surface area contributed by atoms with Crippen molar-refractivity contribution in [3.05, 3.63) is 163 Å². The van der Waals surface area contributed by atoms with Gasteiger partial charge in [0.2, 0.25) is 0 Å². The number of ether oxygens (including phenoxy) is 4. The van der Waals surface area contributed by atoms with E-state index in [4.69, 9.17) is 47.6 Å². The van der Waals surface area contributed by atoms with Crippen LogP contribution in [0.1, 0.15) is 62.1 Å². The van der Waals surface area contributed by atoms with Crippen LogP contribution in [0.5, 0.6) is 23.0 Å². The molecule has 4 aromatic carbocycles. The van der Waals surface area contributed by atoms with Crippen molar-refractivity contribution in [2.45, 2.75) is 65.9 Å². The number of nitrogens with zero attached hydrogens (tertiary/aromatic N) is 3. The number of benzene rings is 4. The van der Waals surface area contributed by atoms with Gasteiger partial charge in [-0.25, -0.2) is 0 Å². The van der Waals surface area contributed by atoms with Gasteiger partial charge in [0.1, 0.15) is 49.4 Å². The monoisotopic (exact) mass is 905 g/mol. The number of carbonyl (C=O) groups is 1. The smallest absolute Gasteiger partial charge is 0.305 e. The summed E-state index contributed by atoms with van der Waals surface area (Å²) in [6.07, 6.45) is 9.32. The molecule has 0 aliphatic heterocycles. The van der Waals surface area contributed by atoms with E-state index in [-0.39, 0.29) is 52.6 Å². The summed E-state index contributed by atoms with van der Waals surface area (Å²) in [5.74, 6) is 0.646. The third-order valence-corrected chi connectivity index (χ3v) is 11.0. The van der Waals surface area contributed by atoms with Crippen molar-refractivity contribution < 1.29 is 39.1 Å². The maximum absolute atomic E-state index is 11.3. The molecular weight excluding hydrogens is 857 g/mol. The second-order valence-electron chi connectivity index (χ2n) is 14.9. The number of nitrogens with one attached hydrogen (secondary N) is 2. The second kappa shape index (κ2) is 22.8. The molecule has 332 valence electrons. The first-order valence-electron chi connectivity index (χ1n) is 20.3. The lowest BCUT2D eigenvalue weighted by Crippen LogP contribution is -2.34. The minimum Gasteiger partial charge on any atom is -0.488 e. The summed E-state index contributed by atoms with van der Waals surface area (Å²) in [5.41, 5.74) is 10.2. The van der Waals surface area contributed by atoms with Crippen molar-refractivity contribution in [1.82, 2.24) is 15.3 Å². The Morgan fingerprint density at radius 2 is 1.23 bits per heavy atom. The maximum atomic E-state index is 11.3. The molecule has 2 aromatic heterocycles. The molecule has 0 unspecified atom stereocenters. The standard InChI is InChI=1S/C49H49Cl2N5O8/c1-30-36(28-63-47-15-45(61-27-35-11-33(18-53-3)20-55-22-35)38(12-43(47)50)23-56-40(25-58)14-49(59)60)6-4-8-41(30)42-9-5-7-37(31(42)2)29-64-48-16-46(39(24-57)13-44(48)51)62-26-34-10-32(17-52)19-54-21-34/h4-13,15-22,40,52,56-58H,14,23-29H2,1-3H3,(H,59,60)/b52-17?,53-18+/t40-/m1/s1. The summed E-state index contributed by atoms with van der Waals surface area (Å²) in [7, 11) is 1.68. The number of carboxylic acid groups (broad SMARTS) is 1. The van der Waals surface area contributed by atoms with Gasteiger partial charge >= 0.3 is 5.97 Å². The molecular formula is C49H49Cl2N5O8. The van der Waals surface area contributed by atoms with E-state index >= 15 is 0 Å². The highest BCUT2D eigenvalue weighted by molar-refractivity contribution is 6.32. The van der Waals surface area contributed by atoms with Crippen LogP contribution in [0, 0.1) is 19.3 Å². The van der Waals surface area contributed by atoms with Gasteiger partial charge < -0.3 is 45.0 Å². The van der Waals surface area contributed by atoms with Gasteiger partial charge in [0.25, 0.3) is 0 Å². The maximum Gasteiger partial charge on any atom is 0.305 e. The fourth-order valence-electron chi connectivity index (χ4n) is 6.94. The molecule has 2 heterocycles. The summed E-state index contributed by atoms with van der Waals surface area (Å²) in [6.45, 7) is 4.39. The first-order valence-corrected chi connectivity index (χ1v) is 21.1. The minimum absolute atomic E-state index is 0.174. The molecule has 13 nitrogen and oxygen atoms in total. The van der Waals surface area contributed by atoms with E-state index in [0.29, 0.717) is 49.7 Å². The van der Waals surface area contributed by atoms with Crippen LogP contribution < -0.4 is 24.3 Å². The van der Waals surface area contributed by atoms with Crippen molar-refractivity contribution in [3.63, 3.8) is 0 Å². The van der Waals surface area contributed by atoms with Gasteiger partial charge in [-0.3, -0.25) is 19.8 Å². The van der Waals surface area contributed by atoms with Crippen LogP contribution in [0.2, 0.25) is 10.0 Å². The zero-order chi connectivity index (χ0) is 45.6. The Morgan fingerprint density at radius 3 is 1.75 bits per heavy atom. The van der Waals surface area contributed by atoms with Gasteiger partial charge in [0.15, 0.2) is 0 Å². The van der Waals surface area contributed by atoms with Gasteiger partial charge in [-0.2, -0.15) is 0 Å². The van der Waals surface area contributed by atoms with Crippen molar-refractivity contribution in [2.24, 2.45) is 4.99 Å². The SMILES string of the molecule is C/N=C/c1cncc(COc2cc(OCc3cccc(-c4cccc(COc5cc(OCc6cncc(C=N)c6)c(CO)cc5Cl)c4C)c3C)c(Cl)cc2CN[C@@H](CO)CC(=O)O)c1. The van der Waals surface area contributed by atoms with Crippen LogP contribution >= 0.6 is 23.2 Å². The van der Waals surface area contributed by atoms with E-state index < -0.39 is 12.0 Å². The lowest BCUT2D eigenvalue weighted by atomic mass is 9.92. The summed E-state index contributed by atoms with van der Waals surface area (Å²) in [6, 6.07) is 21.9. The zero-order valence-electron chi connectivity index (χ0n) is 35.6. The first kappa shape index (κ1) is 47.1.